The molecule has 1 aliphatic carbocycles. The lowest BCUT2D eigenvalue weighted by atomic mass is 9.92. The van der Waals surface area contributed by atoms with Crippen LogP contribution in [-0.2, 0) is 4.79 Å². The van der Waals surface area contributed by atoms with Crippen LogP contribution in [0.25, 0.3) is 0 Å². The molecule has 1 fully saturated rings. The third kappa shape index (κ3) is 4.64. The maximum atomic E-state index is 11.1. The van der Waals surface area contributed by atoms with Gasteiger partial charge in [-0.1, -0.05) is 26.2 Å². The topological polar surface area (TPSA) is 58.4 Å². The smallest absolute Gasteiger partial charge is 0.233 e. The van der Waals surface area contributed by atoms with Gasteiger partial charge < -0.3 is 0 Å². The fraction of sp³-hybridized carbons (Fsp3) is 0.923. The number of hydrogen-bond donors (Lipinski definition) is 2. The second kappa shape index (κ2) is 7.67. The number of hydrazine groups is 1. The third-order valence-electron chi connectivity index (χ3n) is 3.93. The standard InChI is InChI=1S/C13H27N3O/c1-3-16(12-7-5-4-6-8-12)11(2)9-10-13(17)15-14/h11-12H,3-10,14H2,1-2H3,(H,15,17). The van der Waals surface area contributed by atoms with Crippen LogP contribution in [0.5, 0.6) is 0 Å². The van der Waals surface area contributed by atoms with E-state index in [1.165, 1.54) is 32.1 Å². The van der Waals surface area contributed by atoms with Crippen molar-refractivity contribution in [3.63, 3.8) is 0 Å². The van der Waals surface area contributed by atoms with Crippen molar-refractivity contribution in [2.75, 3.05) is 6.54 Å². The predicted molar refractivity (Wildman–Crippen MR) is 70.3 cm³/mol. The lowest BCUT2D eigenvalue weighted by Gasteiger charge is -2.38. The third-order valence-corrected chi connectivity index (χ3v) is 3.93. The van der Waals surface area contributed by atoms with E-state index in [2.05, 4.69) is 24.2 Å². The molecule has 1 aliphatic rings. The van der Waals surface area contributed by atoms with E-state index < -0.39 is 0 Å². The van der Waals surface area contributed by atoms with E-state index >= 15 is 0 Å². The van der Waals surface area contributed by atoms with Crippen LogP contribution < -0.4 is 11.3 Å². The van der Waals surface area contributed by atoms with Gasteiger partial charge >= 0.3 is 0 Å². The maximum absolute atomic E-state index is 11.1. The highest BCUT2D eigenvalue weighted by molar-refractivity contribution is 5.75. The summed E-state index contributed by atoms with van der Waals surface area (Å²) in [5, 5.41) is 0. The van der Waals surface area contributed by atoms with Gasteiger partial charge in [0.2, 0.25) is 5.91 Å². The number of carbonyl (C=O) groups excluding carboxylic acids is 1. The summed E-state index contributed by atoms with van der Waals surface area (Å²) in [6, 6.07) is 1.20. The van der Waals surface area contributed by atoms with Crippen molar-refractivity contribution in [2.45, 2.75) is 70.9 Å². The zero-order chi connectivity index (χ0) is 12.7. The Hall–Kier alpha value is -0.610. The number of nitrogens with one attached hydrogen (secondary N) is 1. The molecule has 0 saturated heterocycles. The van der Waals surface area contributed by atoms with Crippen molar-refractivity contribution in [1.82, 2.24) is 10.3 Å². The van der Waals surface area contributed by atoms with Crippen LogP contribution in [0.15, 0.2) is 0 Å². The summed E-state index contributed by atoms with van der Waals surface area (Å²) in [7, 11) is 0. The van der Waals surface area contributed by atoms with Crippen molar-refractivity contribution in [3.05, 3.63) is 0 Å². The predicted octanol–water partition coefficient (Wildman–Crippen LogP) is 1.80. The molecule has 1 amide bonds. The number of rotatable bonds is 6. The molecule has 0 aromatic rings. The average Bonchev–Trinajstić information content (AvgIpc) is 2.38. The first-order valence-corrected chi connectivity index (χ1v) is 6.94. The molecular formula is C13H27N3O. The average molecular weight is 241 g/mol. The molecule has 3 N–H and O–H groups in total. The van der Waals surface area contributed by atoms with Gasteiger partial charge in [0.25, 0.3) is 0 Å². The Labute approximate surface area is 105 Å². The van der Waals surface area contributed by atoms with E-state index in [1.54, 1.807) is 0 Å². The molecular weight excluding hydrogens is 214 g/mol. The summed E-state index contributed by atoms with van der Waals surface area (Å²) in [6.45, 7) is 5.52. The van der Waals surface area contributed by atoms with Gasteiger partial charge in [-0.15, -0.1) is 0 Å². The van der Waals surface area contributed by atoms with Crippen LogP contribution >= 0.6 is 0 Å². The normalized spacial score (nSPS) is 19.3. The second-order valence-corrected chi connectivity index (χ2v) is 5.08. The molecule has 0 spiro atoms. The number of amides is 1. The van der Waals surface area contributed by atoms with Crippen LogP contribution in [-0.4, -0.2) is 29.4 Å². The minimum atomic E-state index is -0.0588. The van der Waals surface area contributed by atoms with Gasteiger partial charge in [0.15, 0.2) is 0 Å². The molecule has 0 radical (unpaired) electrons. The Morgan fingerprint density at radius 2 is 2.06 bits per heavy atom. The van der Waals surface area contributed by atoms with Crippen LogP contribution in [0.2, 0.25) is 0 Å². The molecule has 1 rings (SSSR count). The Morgan fingerprint density at radius 3 is 2.59 bits per heavy atom. The summed E-state index contributed by atoms with van der Waals surface area (Å²) < 4.78 is 0. The zero-order valence-corrected chi connectivity index (χ0v) is 11.2. The molecule has 0 aromatic carbocycles. The minimum Gasteiger partial charge on any atom is -0.298 e. The summed E-state index contributed by atoms with van der Waals surface area (Å²) in [5.41, 5.74) is 2.20. The Balaban J connectivity index is 2.39. The van der Waals surface area contributed by atoms with Gasteiger partial charge in [0.05, 0.1) is 0 Å². The molecule has 1 unspecified atom stereocenters. The van der Waals surface area contributed by atoms with Gasteiger partial charge in [-0.25, -0.2) is 5.84 Å². The van der Waals surface area contributed by atoms with E-state index in [1.807, 2.05) is 0 Å². The lowest BCUT2D eigenvalue weighted by Crippen LogP contribution is -2.43. The highest BCUT2D eigenvalue weighted by Gasteiger charge is 2.23. The monoisotopic (exact) mass is 241 g/mol. The number of nitrogens with zero attached hydrogens (tertiary/aromatic N) is 1. The fourth-order valence-corrected chi connectivity index (χ4v) is 2.92. The second-order valence-electron chi connectivity index (χ2n) is 5.08. The van der Waals surface area contributed by atoms with Crippen molar-refractivity contribution >= 4 is 5.91 Å². The summed E-state index contributed by atoms with van der Waals surface area (Å²) >= 11 is 0. The molecule has 0 bridgehead atoms. The van der Waals surface area contributed by atoms with Gasteiger partial charge in [-0.3, -0.25) is 15.1 Å². The van der Waals surface area contributed by atoms with Crippen LogP contribution in [0.1, 0.15) is 58.8 Å². The molecule has 100 valence electrons. The van der Waals surface area contributed by atoms with E-state index in [4.69, 9.17) is 5.84 Å². The summed E-state index contributed by atoms with van der Waals surface area (Å²) in [5.74, 6) is 5.04. The number of hydrogen-bond acceptors (Lipinski definition) is 3. The molecule has 4 heteroatoms. The molecule has 0 aliphatic heterocycles. The first-order valence-electron chi connectivity index (χ1n) is 6.94. The highest BCUT2D eigenvalue weighted by atomic mass is 16.2. The largest absolute Gasteiger partial charge is 0.298 e. The van der Waals surface area contributed by atoms with Crippen molar-refractivity contribution in [3.8, 4) is 0 Å². The molecule has 0 aromatic heterocycles. The van der Waals surface area contributed by atoms with Gasteiger partial charge in [-0.05, 0) is 32.7 Å². The van der Waals surface area contributed by atoms with Crippen molar-refractivity contribution < 1.29 is 4.79 Å². The summed E-state index contributed by atoms with van der Waals surface area (Å²) in [6.07, 6.45) is 8.17. The van der Waals surface area contributed by atoms with E-state index in [0.717, 1.165) is 19.0 Å². The molecule has 0 heterocycles. The molecule has 4 nitrogen and oxygen atoms in total. The Kier molecular flexibility index (Phi) is 6.52. The van der Waals surface area contributed by atoms with Crippen LogP contribution in [0.3, 0.4) is 0 Å². The first kappa shape index (κ1) is 14.5. The van der Waals surface area contributed by atoms with Crippen molar-refractivity contribution in [2.24, 2.45) is 5.84 Å². The van der Waals surface area contributed by atoms with Crippen molar-refractivity contribution in [1.29, 1.82) is 0 Å². The zero-order valence-electron chi connectivity index (χ0n) is 11.2. The molecule has 1 atom stereocenters. The Bertz CT molecular complexity index is 227. The minimum absolute atomic E-state index is 0.0588. The quantitative estimate of drug-likeness (QED) is 0.423. The van der Waals surface area contributed by atoms with E-state index in [-0.39, 0.29) is 5.91 Å². The molecule has 17 heavy (non-hydrogen) atoms. The number of nitrogens with two attached hydrogens (primary N) is 1. The van der Waals surface area contributed by atoms with Gasteiger partial charge in [0.1, 0.15) is 0 Å². The highest BCUT2D eigenvalue weighted by Crippen LogP contribution is 2.25. The summed E-state index contributed by atoms with van der Waals surface area (Å²) in [4.78, 5) is 13.7. The van der Waals surface area contributed by atoms with E-state index in [9.17, 15) is 4.79 Å². The van der Waals surface area contributed by atoms with Crippen LogP contribution in [0, 0.1) is 0 Å². The van der Waals surface area contributed by atoms with E-state index in [0.29, 0.717) is 12.5 Å². The SMILES string of the molecule is CCN(C(C)CCC(=O)NN)C1CCCCC1. The first-order chi connectivity index (χ1) is 8.19. The lowest BCUT2D eigenvalue weighted by molar-refractivity contribution is -0.121. The maximum Gasteiger partial charge on any atom is 0.233 e. The number of carbonyl (C=O) groups is 1. The van der Waals surface area contributed by atoms with Gasteiger partial charge in [0, 0.05) is 18.5 Å². The van der Waals surface area contributed by atoms with Gasteiger partial charge in [-0.2, -0.15) is 0 Å². The fourth-order valence-electron chi connectivity index (χ4n) is 2.92. The Morgan fingerprint density at radius 1 is 1.41 bits per heavy atom. The van der Waals surface area contributed by atoms with Crippen LogP contribution in [0.4, 0.5) is 0 Å². The molecule has 1 saturated carbocycles.